The predicted molar refractivity (Wildman–Crippen MR) is 103 cm³/mol. The van der Waals surface area contributed by atoms with Crippen LogP contribution in [0.15, 0.2) is 29.3 Å². The van der Waals surface area contributed by atoms with Gasteiger partial charge in [0.15, 0.2) is 0 Å². The molecular weight excluding hydrogens is 351 g/mol. The smallest absolute Gasteiger partial charge is 0.253 e. The van der Waals surface area contributed by atoms with Gasteiger partial charge in [0.25, 0.3) is 5.91 Å². The van der Waals surface area contributed by atoms with E-state index in [1.807, 2.05) is 20.1 Å². The van der Waals surface area contributed by atoms with Gasteiger partial charge in [0.05, 0.1) is 16.7 Å². The lowest BCUT2D eigenvalue weighted by atomic mass is 9.77. The Morgan fingerprint density at radius 2 is 1.96 bits per heavy atom. The molecule has 4 nitrogen and oxygen atoms in total. The molecule has 2 N–H and O–H groups in total. The van der Waals surface area contributed by atoms with Crippen LogP contribution in [0, 0.1) is 11.7 Å². The predicted octanol–water partition coefficient (Wildman–Crippen LogP) is 4.16. The number of nitrogens with one attached hydrogen (secondary N) is 1. The van der Waals surface area contributed by atoms with Crippen LogP contribution in [0.25, 0.3) is 10.9 Å². The number of thioether (sulfide) groups is 1. The van der Waals surface area contributed by atoms with E-state index in [1.165, 1.54) is 17.8 Å². The van der Waals surface area contributed by atoms with Gasteiger partial charge in [-0.3, -0.25) is 9.78 Å². The number of hydrogen-bond donors (Lipinski definition) is 2. The number of carbonyl (C=O) groups excluding carboxylic acids is 1. The summed E-state index contributed by atoms with van der Waals surface area (Å²) in [5, 5.41) is 13.8. The summed E-state index contributed by atoms with van der Waals surface area (Å²) in [5.74, 6) is -0.207. The van der Waals surface area contributed by atoms with E-state index in [1.54, 1.807) is 18.3 Å². The first-order valence-electron chi connectivity index (χ1n) is 8.94. The minimum atomic E-state index is -0.670. The number of rotatable bonds is 4. The number of aromatic nitrogens is 1. The largest absolute Gasteiger partial charge is 0.390 e. The van der Waals surface area contributed by atoms with E-state index < -0.39 is 5.60 Å². The van der Waals surface area contributed by atoms with Gasteiger partial charge in [-0.1, -0.05) is 0 Å². The van der Waals surface area contributed by atoms with Crippen molar-refractivity contribution in [1.82, 2.24) is 10.3 Å². The number of amides is 1. The third kappa shape index (κ3) is 4.18. The molecule has 0 saturated heterocycles. The maximum absolute atomic E-state index is 14.0. The van der Waals surface area contributed by atoms with Crippen LogP contribution in [-0.2, 0) is 0 Å². The van der Waals surface area contributed by atoms with Gasteiger partial charge in [-0.25, -0.2) is 4.39 Å². The Morgan fingerprint density at radius 1 is 1.27 bits per heavy atom. The summed E-state index contributed by atoms with van der Waals surface area (Å²) < 4.78 is 14.0. The zero-order valence-corrected chi connectivity index (χ0v) is 16.2. The lowest BCUT2D eigenvalue weighted by Crippen LogP contribution is -2.41. The SMILES string of the molecule is CSc1cc2ncc(C(=O)NC3CCC(C(C)(C)O)CC3)cc2cc1F. The number of pyridine rings is 1. The molecule has 140 valence electrons. The molecule has 3 rings (SSSR count). The summed E-state index contributed by atoms with van der Waals surface area (Å²) >= 11 is 1.33. The molecule has 0 aliphatic heterocycles. The average Bonchev–Trinajstić information content (AvgIpc) is 2.60. The number of carbonyl (C=O) groups is 1. The molecule has 1 aliphatic carbocycles. The van der Waals surface area contributed by atoms with Crippen molar-refractivity contribution in [1.29, 1.82) is 0 Å². The fraction of sp³-hybridized carbons (Fsp3) is 0.500. The summed E-state index contributed by atoms with van der Waals surface area (Å²) in [4.78, 5) is 17.4. The van der Waals surface area contributed by atoms with Gasteiger partial charge in [-0.05, 0) is 69.9 Å². The Labute approximate surface area is 157 Å². The quantitative estimate of drug-likeness (QED) is 0.787. The van der Waals surface area contributed by atoms with E-state index in [-0.39, 0.29) is 23.7 Å². The van der Waals surface area contributed by atoms with Gasteiger partial charge >= 0.3 is 0 Å². The second kappa shape index (κ2) is 7.53. The van der Waals surface area contributed by atoms with Gasteiger partial charge in [0, 0.05) is 22.5 Å². The number of nitrogens with zero attached hydrogens (tertiary/aromatic N) is 1. The van der Waals surface area contributed by atoms with Crippen LogP contribution in [-0.4, -0.2) is 33.9 Å². The highest BCUT2D eigenvalue weighted by molar-refractivity contribution is 7.98. The highest BCUT2D eigenvalue weighted by Gasteiger charge is 2.31. The first-order valence-corrected chi connectivity index (χ1v) is 10.2. The monoisotopic (exact) mass is 376 g/mol. The average molecular weight is 376 g/mol. The first-order chi connectivity index (χ1) is 12.3. The second-order valence-corrected chi connectivity index (χ2v) is 8.43. The minimum Gasteiger partial charge on any atom is -0.390 e. The normalized spacial score (nSPS) is 21.0. The number of fused-ring (bicyclic) bond motifs is 1. The van der Waals surface area contributed by atoms with Crippen molar-refractivity contribution in [3.8, 4) is 0 Å². The van der Waals surface area contributed by atoms with E-state index in [0.717, 1.165) is 25.7 Å². The summed E-state index contributed by atoms with van der Waals surface area (Å²) in [6, 6.07) is 4.93. The maximum atomic E-state index is 14.0. The molecule has 26 heavy (non-hydrogen) atoms. The van der Waals surface area contributed by atoms with Gasteiger partial charge in [-0.15, -0.1) is 11.8 Å². The molecule has 1 amide bonds. The Bertz CT molecular complexity index is 811. The summed E-state index contributed by atoms with van der Waals surface area (Å²) in [6.45, 7) is 3.69. The molecule has 1 fully saturated rings. The third-order valence-electron chi connectivity index (χ3n) is 5.28. The van der Waals surface area contributed by atoms with Gasteiger partial charge in [0.1, 0.15) is 5.82 Å². The number of aliphatic hydroxyl groups is 1. The van der Waals surface area contributed by atoms with Crippen LogP contribution in [0.1, 0.15) is 49.9 Å². The van der Waals surface area contributed by atoms with Crippen LogP contribution in [0.3, 0.4) is 0 Å². The number of hydrogen-bond acceptors (Lipinski definition) is 4. The molecule has 0 atom stereocenters. The molecule has 1 saturated carbocycles. The van der Waals surface area contributed by atoms with Crippen molar-refractivity contribution in [2.45, 2.75) is 56.1 Å². The van der Waals surface area contributed by atoms with Crippen LogP contribution < -0.4 is 5.32 Å². The van der Waals surface area contributed by atoms with Crippen LogP contribution in [0.2, 0.25) is 0 Å². The Hall–Kier alpha value is -1.66. The summed E-state index contributed by atoms with van der Waals surface area (Å²) in [7, 11) is 0. The molecule has 6 heteroatoms. The Balaban J connectivity index is 1.69. The molecule has 1 aromatic carbocycles. The van der Waals surface area contributed by atoms with Crippen LogP contribution in [0.5, 0.6) is 0 Å². The molecule has 1 heterocycles. The highest BCUT2D eigenvalue weighted by Crippen LogP contribution is 2.32. The van der Waals surface area contributed by atoms with Crippen molar-refractivity contribution >= 4 is 28.6 Å². The van der Waals surface area contributed by atoms with Crippen molar-refractivity contribution in [2.24, 2.45) is 5.92 Å². The first kappa shape index (κ1) is 19.1. The Morgan fingerprint density at radius 3 is 2.58 bits per heavy atom. The van der Waals surface area contributed by atoms with Gasteiger partial charge in [-0.2, -0.15) is 0 Å². The lowest BCUT2D eigenvalue weighted by Gasteiger charge is -2.36. The molecule has 0 unspecified atom stereocenters. The summed E-state index contributed by atoms with van der Waals surface area (Å²) in [6.07, 6.45) is 6.86. The Kier molecular flexibility index (Phi) is 5.53. The second-order valence-electron chi connectivity index (χ2n) is 7.58. The highest BCUT2D eigenvalue weighted by atomic mass is 32.2. The molecule has 0 radical (unpaired) electrons. The molecule has 2 aromatic rings. The maximum Gasteiger partial charge on any atom is 0.253 e. The molecule has 1 aliphatic rings. The van der Waals surface area contributed by atoms with Gasteiger partial charge < -0.3 is 10.4 Å². The zero-order chi connectivity index (χ0) is 18.9. The van der Waals surface area contributed by atoms with Crippen LogP contribution in [0.4, 0.5) is 4.39 Å². The fourth-order valence-electron chi connectivity index (χ4n) is 3.62. The molecule has 1 aromatic heterocycles. The summed E-state index contributed by atoms with van der Waals surface area (Å²) in [5.41, 5.74) is 0.452. The van der Waals surface area contributed by atoms with Crippen LogP contribution >= 0.6 is 11.8 Å². The van der Waals surface area contributed by atoms with Crippen molar-refractivity contribution < 1.29 is 14.3 Å². The number of benzene rings is 1. The number of halogens is 1. The molecule has 0 spiro atoms. The molecule has 0 bridgehead atoms. The molecular formula is C20H25FN2O2S. The van der Waals surface area contributed by atoms with Gasteiger partial charge in [0.2, 0.25) is 0 Å². The van der Waals surface area contributed by atoms with E-state index in [0.29, 0.717) is 21.4 Å². The van der Waals surface area contributed by atoms with E-state index >= 15 is 0 Å². The van der Waals surface area contributed by atoms with E-state index in [2.05, 4.69) is 10.3 Å². The van der Waals surface area contributed by atoms with Crippen molar-refractivity contribution in [2.75, 3.05) is 6.26 Å². The standard InChI is InChI=1S/C20H25FN2O2S/c1-20(2,25)14-4-6-15(7-5-14)23-19(24)13-8-12-9-16(21)18(26-3)10-17(12)22-11-13/h8-11,14-15,25H,4-7H2,1-3H3,(H,23,24). The zero-order valence-electron chi connectivity index (χ0n) is 15.4. The van der Waals surface area contributed by atoms with Crippen molar-refractivity contribution in [3.05, 3.63) is 35.8 Å². The topological polar surface area (TPSA) is 62.2 Å². The van der Waals surface area contributed by atoms with Crippen molar-refractivity contribution in [3.63, 3.8) is 0 Å². The fourth-order valence-corrected chi connectivity index (χ4v) is 4.11. The minimum absolute atomic E-state index is 0.104. The van der Waals surface area contributed by atoms with E-state index in [4.69, 9.17) is 0 Å². The lowest BCUT2D eigenvalue weighted by molar-refractivity contribution is -0.00257. The third-order valence-corrected chi connectivity index (χ3v) is 6.03. The van der Waals surface area contributed by atoms with E-state index in [9.17, 15) is 14.3 Å².